The lowest BCUT2D eigenvalue weighted by Gasteiger charge is -2.42. The number of fused-ring (bicyclic) bond motifs is 4. The molecule has 1 heterocycles. The van der Waals surface area contributed by atoms with Crippen LogP contribution >= 0.6 is 7.92 Å². The van der Waals surface area contributed by atoms with Gasteiger partial charge in [0.25, 0.3) is 0 Å². The second-order valence-corrected chi connectivity index (χ2v) is 18.9. The van der Waals surface area contributed by atoms with Gasteiger partial charge in [0.1, 0.15) is 40.3 Å². The van der Waals surface area contributed by atoms with Crippen molar-refractivity contribution in [1.29, 1.82) is 0 Å². The Hall–Kier alpha value is -7.08. The molecule has 0 N–H and O–H groups in total. The highest BCUT2D eigenvalue weighted by molar-refractivity contribution is 7.67. The Morgan fingerprint density at radius 2 is 0.723 bits per heavy atom. The molecule has 0 bridgehead atoms. The van der Waals surface area contributed by atoms with Crippen molar-refractivity contribution in [2.75, 3.05) is 42.7 Å². The maximum absolute atomic E-state index is 15.1. The lowest BCUT2D eigenvalue weighted by Crippen LogP contribution is -2.26. The van der Waals surface area contributed by atoms with Gasteiger partial charge in [-0.25, -0.2) is 0 Å². The van der Waals surface area contributed by atoms with Crippen molar-refractivity contribution in [1.82, 2.24) is 0 Å². The van der Waals surface area contributed by atoms with E-state index in [0.717, 1.165) is 70.6 Å². The normalized spacial score (nSPS) is 16.2. The summed E-state index contributed by atoms with van der Waals surface area (Å²) in [5, 5.41) is 10.1. The first kappa shape index (κ1) is 41.9. The molecule has 65 heavy (non-hydrogen) atoms. The number of Topliss-reactive ketones (excluding diaryl/α,β-unsaturated/α-hetero) is 1. The van der Waals surface area contributed by atoms with Gasteiger partial charge < -0.3 is 28.4 Å². The lowest BCUT2D eigenvalue weighted by molar-refractivity contribution is -0.119. The fraction of sp³-hybridized carbons (Fsp3) is 0.175. The molecule has 0 aliphatic carbocycles. The Morgan fingerprint density at radius 1 is 0.400 bits per heavy atom. The van der Waals surface area contributed by atoms with Crippen LogP contribution in [0.5, 0.6) is 34.5 Å². The fourth-order valence-corrected chi connectivity index (χ4v) is 14.2. The number of rotatable bonds is 11. The third-order valence-corrected chi connectivity index (χ3v) is 16.3. The van der Waals surface area contributed by atoms with Gasteiger partial charge >= 0.3 is 0 Å². The summed E-state index contributed by atoms with van der Waals surface area (Å²) in [5.41, 5.74) is 5.24. The van der Waals surface area contributed by atoms with E-state index in [1.165, 1.54) is 11.1 Å². The molecule has 9 aromatic carbocycles. The maximum Gasteiger partial charge on any atom is 0.134 e. The highest BCUT2D eigenvalue weighted by Gasteiger charge is 2.45. The lowest BCUT2D eigenvalue weighted by atomic mass is 9.90. The van der Waals surface area contributed by atoms with Gasteiger partial charge in [-0.3, -0.25) is 4.79 Å². The zero-order chi connectivity index (χ0) is 44.8. The maximum atomic E-state index is 15.1. The summed E-state index contributed by atoms with van der Waals surface area (Å²) >= 11 is 0. The van der Waals surface area contributed by atoms with E-state index in [1.807, 2.05) is 24.3 Å². The molecule has 1 aliphatic rings. The van der Waals surface area contributed by atoms with Crippen LogP contribution in [0, 0.1) is 0 Å². The molecule has 8 heteroatoms. The van der Waals surface area contributed by atoms with Gasteiger partial charge in [0.05, 0.1) is 53.8 Å². The van der Waals surface area contributed by atoms with E-state index in [0.29, 0.717) is 47.3 Å². The first-order valence-electron chi connectivity index (χ1n) is 21.7. The molecule has 0 amide bonds. The average Bonchev–Trinajstić information content (AvgIpc) is 3.35. The van der Waals surface area contributed by atoms with Crippen LogP contribution in [0.4, 0.5) is 0 Å². The first-order valence-corrected chi connectivity index (χ1v) is 23.2. The minimum absolute atomic E-state index is 0.228. The second-order valence-electron chi connectivity index (χ2n) is 16.4. The van der Waals surface area contributed by atoms with Crippen LogP contribution in [0.15, 0.2) is 152 Å². The molecule has 1 fully saturated rings. The number of carbonyl (C=O) groups excluding carboxylic acids is 1. The van der Waals surface area contributed by atoms with Crippen LogP contribution in [0.1, 0.15) is 35.3 Å². The van der Waals surface area contributed by atoms with Crippen LogP contribution < -0.4 is 33.7 Å². The predicted molar refractivity (Wildman–Crippen MR) is 266 cm³/mol. The summed E-state index contributed by atoms with van der Waals surface area (Å²) < 4.78 is 36.8. The topological polar surface area (TPSA) is 72.5 Å². The largest absolute Gasteiger partial charge is 0.496 e. The summed E-state index contributed by atoms with van der Waals surface area (Å²) in [6.07, 6.45) is 0.703. The van der Waals surface area contributed by atoms with Crippen molar-refractivity contribution in [3.63, 3.8) is 0 Å². The van der Waals surface area contributed by atoms with Crippen molar-refractivity contribution in [3.05, 3.63) is 163 Å². The minimum atomic E-state index is -1.45. The molecular formula is C57H49O7P. The van der Waals surface area contributed by atoms with E-state index < -0.39 is 7.92 Å². The molecule has 0 saturated carbocycles. The van der Waals surface area contributed by atoms with Gasteiger partial charge in [-0.15, -0.1) is 0 Å². The van der Waals surface area contributed by atoms with Crippen LogP contribution in [0.25, 0.3) is 65.3 Å². The Bertz CT molecular complexity index is 2930. The average molecular weight is 877 g/mol. The molecule has 1 aliphatic heterocycles. The highest BCUT2D eigenvalue weighted by atomic mass is 31.1. The predicted octanol–water partition coefficient (Wildman–Crippen LogP) is 13.6. The SMILES string of the molecule is COc1cc(OC)c(-c2cccc(-c3c(OC)cc(OC)cc3OC)c2P2C(c3c4ccccc4cc4ccccc34)CC(=O)CC2c2c3ccccc3cc3ccccc23)c(OC)c1. The van der Waals surface area contributed by atoms with E-state index in [1.54, 1.807) is 42.7 Å². The summed E-state index contributed by atoms with van der Waals surface area (Å²) in [4.78, 5) is 15.1. The molecular weight excluding hydrogens is 828 g/mol. The molecule has 0 radical (unpaired) electrons. The fourth-order valence-electron chi connectivity index (χ4n) is 10.3. The van der Waals surface area contributed by atoms with Gasteiger partial charge in [0.15, 0.2) is 0 Å². The van der Waals surface area contributed by atoms with Crippen molar-refractivity contribution in [2.45, 2.75) is 24.2 Å². The standard InChI is InChI=1S/C57H49O7P/c1-59-39-30-47(61-3)55(48(31-39)62-4)45-24-15-25-46(56-49(63-5)32-40(60-2)33-50(56)64-6)57(45)65-51(53-41-20-11-7-16-34(41)26-35-17-8-12-21-42(35)53)28-38(58)29-52(65)54-43-22-13-9-18-36(43)27-37-19-10-14-23-44(37)54/h7-27,30-33,51-52H,28-29H2,1-6H3. The van der Waals surface area contributed by atoms with Gasteiger partial charge in [-0.1, -0.05) is 123 Å². The molecule has 0 aromatic heterocycles. The molecule has 324 valence electrons. The van der Waals surface area contributed by atoms with E-state index >= 15 is 4.79 Å². The first-order chi connectivity index (χ1) is 31.9. The minimum Gasteiger partial charge on any atom is -0.496 e. The van der Waals surface area contributed by atoms with E-state index in [4.69, 9.17) is 28.4 Å². The number of hydrogen-bond donors (Lipinski definition) is 0. The van der Waals surface area contributed by atoms with Crippen molar-refractivity contribution in [3.8, 4) is 56.8 Å². The van der Waals surface area contributed by atoms with Crippen molar-refractivity contribution < 1.29 is 33.2 Å². The van der Waals surface area contributed by atoms with Gasteiger partial charge in [0, 0.05) is 48.4 Å². The van der Waals surface area contributed by atoms with Gasteiger partial charge in [-0.05, 0) is 82.8 Å². The van der Waals surface area contributed by atoms with Gasteiger partial charge in [-0.2, -0.15) is 0 Å². The number of methoxy groups -OCH3 is 6. The smallest absolute Gasteiger partial charge is 0.134 e. The van der Waals surface area contributed by atoms with Crippen LogP contribution in [-0.2, 0) is 4.79 Å². The summed E-state index contributed by atoms with van der Waals surface area (Å²) in [6, 6.07) is 53.1. The Kier molecular flexibility index (Phi) is 11.3. The zero-order valence-electron chi connectivity index (χ0n) is 37.3. The number of ketones is 1. The van der Waals surface area contributed by atoms with Crippen LogP contribution in [-0.4, -0.2) is 48.4 Å². The Balaban J connectivity index is 1.43. The number of benzene rings is 9. The number of carbonyl (C=O) groups is 1. The third kappa shape index (κ3) is 7.15. The third-order valence-electron chi connectivity index (χ3n) is 13.1. The van der Waals surface area contributed by atoms with E-state index in [2.05, 4.69) is 127 Å². The van der Waals surface area contributed by atoms with Crippen molar-refractivity contribution >= 4 is 62.1 Å². The van der Waals surface area contributed by atoms with Crippen LogP contribution in [0.2, 0.25) is 0 Å². The molecule has 2 unspecified atom stereocenters. The molecule has 0 spiro atoms. The van der Waals surface area contributed by atoms with Crippen molar-refractivity contribution in [2.24, 2.45) is 0 Å². The summed E-state index contributed by atoms with van der Waals surface area (Å²) in [7, 11) is 8.54. The molecule has 7 nitrogen and oxygen atoms in total. The molecule has 2 atom stereocenters. The monoisotopic (exact) mass is 876 g/mol. The summed E-state index contributed by atoms with van der Waals surface area (Å²) in [6.45, 7) is 0. The quantitative estimate of drug-likeness (QED) is 0.0946. The second kappa shape index (κ2) is 17.5. The highest BCUT2D eigenvalue weighted by Crippen LogP contribution is 2.71. The van der Waals surface area contributed by atoms with Crippen LogP contribution in [0.3, 0.4) is 0 Å². The number of ether oxygens (including phenoxy) is 6. The summed E-state index contributed by atoms with van der Waals surface area (Å²) in [5.74, 6) is 3.81. The molecule has 1 saturated heterocycles. The number of hydrogen-bond acceptors (Lipinski definition) is 7. The Morgan fingerprint density at radius 3 is 1.03 bits per heavy atom. The van der Waals surface area contributed by atoms with Gasteiger partial charge in [0.2, 0.25) is 0 Å². The van der Waals surface area contributed by atoms with E-state index in [-0.39, 0.29) is 17.1 Å². The molecule has 10 rings (SSSR count). The zero-order valence-corrected chi connectivity index (χ0v) is 38.2. The van der Waals surface area contributed by atoms with E-state index in [9.17, 15) is 0 Å². The molecule has 9 aromatic rings. The Labute approximate surface area is 380 Å².